The molecule has 0 aromatic heterocycles. The van der Waals surface area contributed by atoms with Crippen LogP contribution in [0.3, 0.4) is 0 Å². The Balaban J connectivity index is 2.06. The van der Waals surface area contributed by atoms with Crippen molar-refractivity contribution < 1.29 is 0 Å². The van der Waals surface area contributed by atoms with E-state index in [4.69, 9.17) is 5.73 Å². The van der Waals surface area contributed by atoms with E-state index in [9.17, 15) is 0 Å². The number of piperidine rings is 1. The van der Waals surface area contributed by atoms with E-state index in [1.54, 1.807) is 0 Å². The lowest BCUT2D eigenvalue weighted by Gasteiger charge is -2.39. The minimum atomic E-state index is 0.560. The van der Waals surface area contributed by atoms with Crippen molar-refractivity contribution in [2.24, 2.45) is 11.7 Å². The van der Waals surface area contributed by atoms with Crippen LogP contribution in [-0.2, 0) is 6.54 Å². The van der Waals surface area contributed by atoms with E-state index in [2.05, 4.69) is 43.0 Å². The molecule has 2 rings (SSSR count). The molecule has 0 radical (unpaired) electrons. The van der Waals surface area contributed by atoms with Crippen molar-refractivity contribution in [1.82, 2.24) is 4.90 Å². The zero-order chi connectivity index (χ0) is 12.3. The van der Waals surface area contributed by atoms with Gasteiger partial charge in [0.15, 0.2) is 0 Å². The summed E-state index contributed by atoms with van der Waals surface area (Å²) in [6.45, 7) is 7.52. The number of likely N-dealkylation sites (tertiary alicyclic amines) is 1. The van der Waals surface area contributed by atoms with Crippen LogP contribution >= 0.6 is 0 Å². The smallest absolute Gasteiger partial charge is 0.0247 e. The van der Waals surface area contributed by atoms with Crippen molar-refractivity contribution in [2.45, 2.75) is 39.3 Å². The molecule has 1 aromatic carbocycles. The first-order valence-corrected chi connectivity index (χ1v) is 6.70. The molecule has 2 unspecified atom stereocenters. The summed E-state index contributed by atoms with van der Waals surface area (Å²) in [4.78, 5) is 2.56. The summed E-state index contributed by atoms with van der Waals surface area (Å²) in [5.74, 6) is 0.735. The molecule has 1 fully saturated rings. The molecule has 1 aliphatic rings. The Morgan fingerprint density at radius 3 is 2.94 bits per heavy atom. The van der Waals surface area contributed by atoms with Gasteiger partial charge in [-0.1, -0.05) is 36.8 Å². The predicted octanol–water partition coefficient (Wildman–Crippen LogP) is 2.55. The number of nitrogens with two attached hydrogens (primary N) is 1. The normalized spacial score (nSPS) is 26.1. The molecule has 2 atom stereocenters. The van der Waals surface area contributed by atoms with Crippen LogP contribution in [-0.4, -0.2) is 24.0 Å². The third-order valence-electron chi connectivity index (χ3n) is 3.94. The standard InChI is InChI=1S/C15H24N2/c1-12-5-3-7-14(9-12)11-17-8-4-6-13(2)15(17)10-16/h3,5,7,9,13,15H,4,6,8,10-11,16H2,1-2H3. The van der Waals surface area contributed by atoms with Crippen molar-refractivity contribution in [2.75, 3.05) is 13.1 Å². The largest absolute Gasteiger partial charge is 0.329 e. The Morgan fingerprint density at radius 1 is 1.41 bits per heavy atom. The van der Waals surface area contributed by atoms with Crippen LogP contribution in [0.25, 0.3) is 0 Å². The van der Waals surface area contributed by atoms with E-state index in [1.807, 2.05) is 0 Å². The molecule has 0 amide bonds. The van der Waals surface area contributed by atoms with E-state index >= 15 is 0 Å². The highest BCUT2D eigenvalue weighted by molar-refractivity contribution is 5.22. The van der Waals surface area contributed by atoms with Crippen molar-refractivity contribution >= 4 is 0 Å². The zero-order valence-corrected chi connectivity index (χ0v) is 11.0. The first-order chi connectivity index (χ1) is 8.20. The minimum absolute atomic E-state index is 0.560. The maximum atomic E-state index is 5.93. The summed E-state index contributed by atoms with van der Waals surface area (Å²) < 4.78 is 0. The second kappa shape index (κ2) is 5.65. The molecule has 0 spiro atoms. The van der Waals surface area contributed by atoms with E-state index in [-0.39, 0.29) is 0 Å². The molecule has 1 saturated heterocycles. The minimum Gasteiger partial charge on any atom is -0.329 e. The second-order valence-electron chi connectivity index (χ2n) is 5.38. The fourth-order valence-corrected chi connectivity index (χ4v) is 2.96. The number of benzene rings is 1. The van der Waals surface area contributed by atoms with Gasteiger partial charge in [0.25, 0.3) is 0 Å². The molecular formula is C15H24N2. The van der Waals surface area contributed by atoms with Gasteiger partial charge in [-0.2, -0.15) is 0 Å². The number of aryl methyl sites for hydroxylation is 1. The van der Waals surface area contributed by atoms with E-state index < -0.39 is 0 Å². The van der Waals surface area contributed by atoms with Crippen LogP contribution in [0, 0.1) is 12.8 Å². The van der Waals surface area contributed by atoms with Gasteiger partial charge in [-0.15, -0.1) is 0 Å². The Bertz CT molecular complexity index is 362. The van der Waals surface area contributed by atoms with Crippen molar-refractivity contribution in [3.8, 4) is 0 Å². The van der Waals surface area contributed by atoms with Crippen LogP contribution < -0.4 is 5.73 Å². The van der Waals surface area contributed by atoms with Gasteiger partial charge in [0.1, 0.15) is 0 Å². The Hall–Kier alpha value is -0.860. The summed E-state index contributed by atoms with van der Waals surface area (Å²) in [5, 5.41) is 0. The summed E-state index contributed by atoms with van der Waals surface area (Å²) in [6, 6.07) is 9.37. The number of hydrogen-bond donors (Lipinski definition) is 1. The first-order valence-electron chi connectivity index (χ1n) is 6.70. The molecule has 0 bridgehead atoms. The van der Waals surface area contributed by atoms with Gasteiger partial charge in [0.2, 0.25) is 0 Å². The fraction of sp³-hybridized carbons (Fsp3) is 0.600. The average Bonchev–Trinajstić information content (AvgIpc) is 2.29. The van der Waals surface area contributed by atoms with Crippen molar-refractivity contribution in [1.29, 1.82) is 0 Å². The topological polar surface area (TPSA) is 29.3 Å². The Kier molecular flexibility index (Phi) is 4.19. The lowest BCUT2D eigenvalue weighted by molar-refractivity contribution is 0.0991. The molecule has 2 heteroatoms. The molecular weight excluding hydrogens is 208 g/mol. The molecule has 2 N–H and O–H groups in total. The van der Waals surface area contributed by atoms with Crippen LogP contribution in [0.5, 0.6) is 0 Å². The van der Waals surface area contributed by atoms with Gasteiger partial charge in [-0.3, -0.25) is 4.90 Å². The van der Waals surface area contributed by atoms with E-state index in [0.29, 0.717) is 6.04 Å². The van der Waals surface area contributed by atoms with Gasteiger partial charge < -0.3 is 5.73 Å². The molecule has 1 aromatic rings. The average molecular weight is 232 g/mol. The zero-order valence-electron chi connectivity index (χ0n) is 11.0. The third kappa shape index (κ3) is 3.08. The van der Waals surface area contributed by atoms with Gasteiger partial charge in [-0.05, 0) is 37.8 Å². The first kappa shape index (κ1) is 12.6. The van der Waals surface area contributed by atoms with E-state index in [0.717, 1.165) is 19.0 Å². The maximum Gasteiger partial charge on any atom is 0.0247 e. The van der Waals surface area contributed by atoms with Gasteiger partial charge in [-0.25, -0.2) is 0 Å². The molecule has 0 aliphatic carbocycles. The highest BCUT2D eigenvalue weighted by atomic mass is 15.2. The number of nitrogens with zero attached hydrogens (tertiary/aromatic N) is 1. The molecule has 0 saturated carbocycles. The van der Waals surface area contributed by atoms with Crippen molar-refractivity contribution in [3.63, 3.8) is 0 Å². The van der Waals surface area contributed by atoms with Gasteiger partial charge >= 0.3 is 0 Å². The quantitative estimate of drug-likeness (QED) is 0.868. The highest BCUT2D eigenvalue weighted by Gasteiger charge is 2.26. The predicted molar refractivity (Wildman–Crippen MR) is 72.8 cm³/mol. The van der Waals surface area contributed by atoms with Crippen molar-refractivity contribution in [3.05, 3.63) is 35.4 Å². The number of rotatable bonds is 3. The molecule has 17 heavy (non-hydrogen) atoms. The molecule has 1 aliphatic heterocycles. The summed E-state index contributed by atoms with van der Waals surface area (Å²) in [6.07, 6.45) is 2.63. The maximum absolute atomic E-state index is 5.93. The summed E-state index contributed by atoms with van der Waals surface area (Å²) in [5.41, 5.74) is 8.68. The number of hydrogen-bond acceptors (Lipinski definition) is 2. The molecule has 2 nitrogen and oxygen atoms in total. The SMILES string of the molecule is Cc1cccc(CN2CCCC(C)C2CN)c1. The Labute approximate surface area is 105 Å². The molecule has 94 valence electrons. The summed E-state index contributed by atoms with van der Waals surface area (Å²) >= 11 is 0. The highest BCUT2D eigenvalue weighted by Crippen LogP contribution is 2.24. The summed E-state index contributed by atoms with van der Waals surface area (Å²) in [7, 11) is 0. The molecule has 1 heterocycles. The van der Waals surface area contributed by atoms with Crippen LogP contribution in [0.1, 0.15) is 30.9 Å². The van der Waals surface area contributed by atoms with Crippen LogP contribution in [0.15, 0.2) is 24.3 Å². The monoisotopic (exact) mass is 232 g/mol. The van der Waals surface area contributed by atoms with Gasteiger partial charge in [0, 0.05) is 19.1 Å². The van der Waals surface area contributed by atoms with Crippen LogP contribution in [0.4, 0.5) is 0 Å². The van der Waals surface area contributed by atoms with Crippen LogP contribution in [0.2, 0.25) is 0 Å². The van der Waals surface area contributed by atoms with E-state index in [1.165, 1.54) is 30.5 Å². The van der Waals surface area contributed by atoms with Gasteiger partial charge in [0.05, 0.1) is 0 Å². The third-order valence-corrected chi connectivity index (χ3v) is 3.94. The lowest BCUT2D eigenvalue weighted by atomic mass is 9.90. The second-order valence-corrected chi connectivity index (χ2v) is 5.38. The lowest BCUT2D eigenvalue weighted by Crippen LogP contribution is -2.47. The Morgan fingerprint density at radius 2 is 2.24 bits per heavy atom. The fourth-order valence-electron chi connectivity index (χ4n) is 2.96.